The van der Waals surface area contributed by atoms with E-state index in [-0.39, 0.29) is 41.6 Å². The molecule has 1 aliphatic heterocycles. The van der Waals surface area contributed by atoms with E-state index in [4.69, 9.17) is 16.1 Å². The summed E-state index contributed by atoms with van der Waals surface area (Å²) in [5, 5.41) is 5.44. The molecule has 2 aromatic rings. The highest BCUT2D eigenvalue weighted by Gasteiger charge is 2.39. The van der Waals surface area contributed by atoms with Crippen LogP contribution in [0.15, 0.2) is 22.7 Å². The molecule has 1 atom stereocenters. The normalized spacial score (nSPS) is 15.0. The van der Waals surface area contributed by atoms with Gasteiger partial charge >= 0.3 is 6.18 Å². The number of nitrogens with zero attached hydrogens (tertiary/aromatic N) is 2. The van der Waals surface area contributed by atoms with Gasteiger partial charge in [-0.05, 0) is 24.6 Å². The van der Waals surface area contributed by atoms with Gasteiger partial charge in [0.25, 0.3) is 5.91 Å². The number of hydrogen-bond donors (Lipinski definition) is 1. The topological polar surface area (TPSA) is 75.4 Å². The molecule has 1 N–H and O–H groups in total. The maximum Gasteiger partial charge on any atom is 0.408 e. The van der Waals surface area contributed by atoms with Crippen LogP contribution in [0, 0.1) is 5.82 Å². The van der Waals surface area contributed by atoms with Crippen molar-refractivity contribution >= 4 is 23.4 Å². The van der Waals surface area contributed by atoms with Crippen molar-refractivity contribution in [3.8, 4) is 0 Å². The highest BCUT2D eigenvalue weighted by molar-refractivity contribution is 6.30. The summed E-state index contributed by atoms with van der Waals surface area (Å²) < 4.78 is 56.2. The average Bonchev–Trinajstić information content (AvgIpc) is 3.07. The number of benzene rings is 1. The summed E-state index contributed by atoms with van der Waals surface area (Å²) in [6.45, 7) is 1.08. The highest BCUT2D eigenvalue weighted by atomic mass is 35.5. The van der Waals surface area contributed by atoms with Crippen molar-refractivity contribution < 1.29 is 31.7 Å². The summed E-state index contributed by atoms with van der Waals surface area (Å²) in [7, 11) is 0. The largest absolute Gasteiger partial charge is 0.408 e. The van der Waals surface area contributed by atoms with Crippen LogP contribution in [-0.2, 0) is 24.2 Å². The lowest BCUT2D eigenvalue weighted by Gasteiger charge is -2.26. The second-order valence-corrected chi connectivity index (χ2v) is 7.07. The number of rotatable bonds is 4. The number of halogens is 5. The number of amides is 2. The Bertz CT molecular complexity index is 945. The van der Waals surface area contributed by atoms with Crippen molar-refractivity contribution in [2.45, 2.75) is 38.5 Å². The Labute approximate surface area is 167 Å². The van der Waals surface area contributed by atoms with Crippen LogP contribution in [-0.4, -0.2) is 40.6 Å². The fraction of sp³-hybridized carbons (Fsp3) is 0.389. The van der Waals surface area contributed by atoms with Crippen LogP contribution in [0.1, 0.15) is 34.3 Å². The molecule has 0 bridgehead atoms. The van der Waals surface area contributed by atoms with E-state index in [1.165, 1.54) is 17.0 Å². The lowest BCUT2D eigenvalue weighted by atomic mass is 10.0. The number of fused-ring (bicyclic) bond motifs is 1. The molecule has 6 nitrogen and oxygen atoms in total. The van der Waals surface area contributed by atoms with Crippen LogP contribution in [0.25, 0.3) is 0 Å². The van der Waals surface area contributed by atoms with Crippen LogP contribution < -0.4 is 5.32 Å². The number of alkyl halides is 3. The molecule has 1 aromatic carbocycles. The van der Waals surface area contributed by atoms with Crippen molar-refractivity contribution in [3.63, 3.8) is 0 Å². The Balaban J connectivity index is 1.71. The predicted molar refractivity (Wildman–Crippen MR) is 93.7 cm³/mol. The first-order valence-corrected chi connectivity index (χ1v) is 9.00. The molecule has 156 valence electrons. The van der Waals surface area contributed by atoms with Gasteiger partial charge in [0.2, 0.25) is 11.7 Å². The minimum absolute atomic E-state index is 0.0320. The number of aromatic nitrogens is 1. The number of carbonyl (C=O) groups is 2. The zero-order chi connectivity index (χ0) is 21.3. The third kappa shape index (κ3) is 4.69. The van der Waals surface area contributed by atoms with Gasteiger partial charge in [0.1, 0.15) is 11.9 Å². The van der Waals surface area contributed by atoms with E-state index in [1.807, 2.05) is 5.32 Å². The van der Waals surface area contributed by atoms with Crippen molar-refractivity contribution in [1.29, 1.82) is 0 Å². The molecule has 29 heavy (non-hydrogen) atoms. The van der Waals surface area contributed by atoms with Gasteiger partial charge in [-0.2, -0.15) is 13.2 Å². The lowest BCUT2D eigenvalue weighted by molar-refractivity contribution is -0.149. The van der Waals surface area contributed by atoms with Crippen molar-refractivity contribution in [3.05, 3.63) is 51.6 Å². The van der Waals surface area contributed by atoms with E-state index in [2.05, 4.69) is 5.16 Å². The van der Waals surface area contributed by atoms with Gasteiger partial charge in [-0.15, -0.1) is 0 Å². The van der Waals surface area contributed by atoms with Gasteiger partial charge < -0.3 is 14.7 Å². The van der Waals surface area contributed by atoms with Gasteiger partial charge in [-0.1, -0.05) is 22.8 Å². The highest BCUT2D eigenvalue weighted by Crippen LogP contribution is 2.25. The summed E-state index contributed by atoms with van der Waals surface area (Å²) in [6, 6.07) is 1.87. The van der Waals surface area contributed by atoms with E-state index in [0.717, 1.165) is 13.0 Å². The van der Waals surface area contributed by atoms with E-state index in [0.29, 0.717) is 17.8 Å². The maximum atomic E-state index is 13.3. The Morgan fingerprint density at radius 1 is 1.38 bits per heavy atom. The van der Waals surface area contributed by atoms with Gasteiger partial charge in [0, 0.05) is 18.5 Å². The Kier molecular flexibility index (Phi) is 5.83. The van der Waals surface area contributed by atoms with Crippen LogP contribution in [0.3, 0.4) is 0 Å². The summed E-state index contributed by atoms with van der Waals surface area (Å²) in [4.78, 5) is 26.2. The van der Waals surface area contributed by atoms with E-state index in [1.54, 1.807) is 0 Å². The van der Waals surface area contributed by atoms with Crippen LogP contribution >= 0.6 is 11.6 Å². The molecule has 3 rings (SSSR count). The van der Waals surface area contributed by atoms with Crippen LogP contribution in [0.2, 0.25) is 5.02 Å². The minimum atomic E-state index is -4.60. The minimum Gasteiger partial charge on any atom is -0.350 e. The molecular formula is C18H16ClF4N3O3. The monoisotopic (exact) mass is 433 g/mol. The fourth-order valence-electron chi connectivity index (χ4n) is 2.88. The molecule has 0 saturated heterocycles. The van der Waals surface area contributed by atoms with Gasteiger partial charge in [-0.25, -0.2) is 4.39 Å². The number of nitrogens with one attached hydrogen (secondary N) is 1. The standard InChI is InChI=1S/C18H16ClF4N3O3/c1-9(18(21,22)23)24-17(28)16-11-8-26(5-4-14(11)25-29-16)15(27)7-10-2-3-13(20)12(19)6-10/h2-3,6,9H,4-5,7-8H2,1H3,(H,24,28)/t9-/m1/s1. The molecular weight excluding hydrogens is 418 g/mol. The Morgan fingerprint density at radius 3 is 2.76 bits per heavy atom. The molecule has 1 aliphatic rings. The average molecular weight is 434 g/mol. The zero-order valence-electron chi connectivity index (χ0n) is 15.1. The van der Waals surface area contributed by atoms with E-state index in [9.17, 15) is 27.2 Å². The Hall–Kier alpha value is -2.62. The summed E-state index contributed by atoms with van der Waals surface area (Å²) in [6.07, 6.45) is -4.36. The smallest absolute Gasteiger partial charge is 0.350 e. The predicted octanol–water partition coefficient (Wildman–Crippen LogP) is 3.28. The fourth-order valence-corrected chi connectivity index (χ4v) is 3.09. The number of hydrogen-bond acceptors (Lipinski definition) is 4. The number of carbonyl (C=O) groups excluding carboxylic acids is 2. The lowest BCUT2D eigenvalue weighted by Crippen LogP contribution is -2.43. The van der Waals surface area contributed by atoms with Gasteiger partial charge in [0.05, 0.1) is 23.7 Å². The zero-order valence-corrected chi connectivity index (χ0v) is 15.9. The summed E-state index contributed by atoms with van der Waals surface area (Å²) in [5.41, 5.74) is 1.20. The third-order valence-electron chi connectivity index (χ3n) is 4.57. The van der Waals surface area contributed by atoms with E-state index >= 15 is 0 Å². The molecule has 0 aliphatic carbocycles. The summed E-state index contributed by atoms with van der Waals surface area (Å²) in [5.74, 6) is -2.31. The summed E-state index contributed by atoms with van der Waals surface area (Å²) >= 11 is 5.72. The van der Waals surface area contributed by atoms with E-state index < -0.39 is 23.9 Å². The van der Waals surface area contributed by atoms with Gasteiger partial charge in [0.15, 0.2) is 0 Å². The van der Waals surface area contributed by atoms with Gasteiger partial charge in [-0.3, -0.25) is 9.59 Å². The van der Waals surface area contributed by atoms with Crippen molar-refractivity contribution in [1.82, 2.24) is 15.4 Å². The first kappa shape index (κ1) is 21.1. The van der Waals surface area contributed by atoms with Crippen LogP contribution in [0.4, 0.5) is 17.6 Å². The third-order valence-corrected chi connectivity index (χ3v) is 4.86. The molecule has 2 heterocycles. The molecule has 0 spiro atoms. The van der Waals surface area contributed by atoms with Crippen LogP contribution in [0.5, 0.6) is 0 Å². The van der Waals surface area contributed by atoms with Crippen molar-refractivity contribution in [2.75, 3.05) is 6.54 Å². The molecule has 11 heteroatoms. The molecule has 0 radical (unpaired) electrons. The van der Waals surface area contributed by atoms with Crippen molar-refractivity contribution in [2.24, 2.45) is 0 Å². The first-order chi connectivity index (χ1) is 13.6. The second-order valence-electron chi connectivity index (χ2n) is 6.66. The molecule has 2 amide bonds. The molecule has 1 aromatic heterocycles. The SMILES string of the molecule is C[C@@H](NC(=O)c1onc2c1CN(C(=O)Cc1ccc(F)c(Cl)c1)CC2)C(F)(F)F. The Morgan fingerprint density at radius 2 is 2.10 bits per heavy atom. The molecule has 0 unspecified atom stereocenters. The quantitative estimate of drug-likeness (QED) is 0.751. The first-order valence-electron chi connectivity index (χ1n) is 8.63. The molecule has 0 saturated carbocycles. The maximum absolute atomic E-state index is 13.3. The molecule has 0 fully saturated rings. The second kappa shape index (κ2) is 8.02.